The molecule has 0 amide bonds. The lowest BCUT2D eigenvalue weighted by Gasteiger charge is -2.07. The normalized spacial score (nSPS) is 14.6. The molecular formula is C12H13NO2. The summed E-state index contributed by atoms with van der Waals surface area (Å²) in [6.45, 7) is 2.95. The van der Waals surface area contributed by atoms with Gasteiger partial charge in [-0.25, -0.2) is 4.99 Å². The van der Waals surface area contributed by atoms with Gasteiger partial charge in [-0.1, -0.05) is 18.2 Å². The van der Waals surface area contributed by atoms with Gasteiger partial charge in [0.05, 0.1) is 6.54 Å². The van der Waals surface area contributed by atoms with E-state index in [0.29, 0.717) is 25.5 Å². The Bertz CT molecular complexity index is 410. The van der Waals surface area contributed by atoms with Crippen LogP contribution < -0.4 is 0 Å². The Balaban J connectivity index is 2.33. The number of Topliss-reactive ketones (excluding diaryl/α,β-unsaturated/α-hetero) is 1. The summed E-state index contributed by atoms with van der Waals surface area (Å²) >= 11 is 0. The molecular weight excluding hydrogens is 190 g/mol. The first kappa shape index (κ1) is 9.90. The van der Waals surface area contributed by atoms with Gasteiger partial charge < -0.3 is 4.74 Å². The largest absolute Gasteiger partial charge is 0.476 e. The smallest absolute Gasteiger partial charge is 0.216 e. The van der Waals surface area contributed by atoms with Crippen LogP contribution in [-0.4, -0.2) is 24.8 Å². The van der Waals surface area contributed by atoms with Crippen molar-refractivity contribution >= 4 is 11.7 Å². The van der Waals surface area contributed by atoms with E-state index in [0.717, 1.165) is 11.1 Å². The van der Waals surface area contributed by atoms with E-state index >= 15 is 0 Å². The number of aliphatic imine (C=N–C) groups is 1. The van der Waals surface area contributed by atoms with Gasteiger partial charge in [0.15, 0.2) is 0 Å². The van der Waals surface area contributed by atoms with E-state index in [9.17, 15) is 4.79 Å². The minimum absolute atomic E-state index is 0.154. The van der Waals surface area contributed by atoms with Crippen LogP contribution in [0, 0.1) is 0 Å². The third kappa shape index (κ3) is 2.24. The molecule has 1 heterocycles. The summed E-state index contributed by atoms with van der Waals surface area (Å²) in [7, 11) is 0. The van der Waals surface area contributed by atoms with Gasteiger partial charge in [0.1, 0.15) is 12.4 Å². The van der Waals surface area contributed by atoms with Crippen LogP contribution in [0.2, 0.25) is 0 Å². The highest BCUT2D eigenvalue weighted by Crippen LogP contribution is 2.14. The van der Waals surface area contributed by atoms with Crippen molar-refractivity contribution in [3.05, 3.63) is 35.4 Å². The summed E-state index contributed by atoms with van der Waals surface area (Å²) in [6, 6.07) is 7.75. The summed E-state index contributed by atoms with van der Waals surface area (Å²) in [4.78, 5) is 15.4. The molecule has 0 fully saturated rings. The number of rotatable bonds is 3. The summed E-state index contributed by atoms with van der Waals surface area (Å²) in [6.07, 6.45) is 0.443. The predicted molar refractivity (Wildman–Crippen MR) is 58.2 cm³/mol. The van der Waals surface area contributed by atoms with Crippen LogP contribution in [0.3, 0.4) is 0 Å². The molecule has 0 aliphatic carbocycles. The van der Waals surface area contributed by atoms with Crippen molar-refractivity contribution in [1.82, 2.24) is 0 Å². The molecule has 0 bridgehead atoms. The maximum Gasteiger partial charge on any atom is 0.216 e. The minimum Gasteiger partial charge on any atom is -0.476 e. The first-order chi connectivity index (χ1) is 7.27. The van der Waals surface area contributed by atoms with Crippen molar-refractivity contribution in [2.45, 2.75) is 13.3 Å². The molecule has 0 aromatic heterocycles. The number of hydrogen-bond acceptors (Lipinski definition) is 3. The lowest BCUT2D eigenvalue weighted by molar-refractivity contribution is -0.116. The van der Waals surface area contributed by atoms with E-state index in [1.54, 1.807) is 6.92 Å². The van der Waals surface area contributed by atoms with E-state index < -0.39 is 0 Å². The van der Waals surface area contributed by atoms with Crippen molar-refractivity contribution in [2.24, 2.45) is 4.99 Å². The highest BCUT2D eigenvalue weighted by atomic mass is 16.5. The summed E-state index contributed by atoms with van der Waals surface area (Å²) in [5, 5.41) is 0. The fourth-order valence-corrected chi connectivity index (χ4v) is 1.65. The summed E-state index contributed by atoms with van der Waals surface area (Å²) in [5.41, 5.74) is 1.94. The molecule has 0 radical (unpaired) electrons. The average Bonchev–Trinajstić information content (AvgIpc) is 2.70. The summed E-state index contributed by atoms with van der Waals surface area (Å²) in [5.74, 6) is 0.827. The Hall–Kier alpha value is -1.64. The molecule has 0 unspecified atom stereocenters. The fraction of sp³-hybridized carbons (Fsp3) is 0.333. The van der Waals surface area contributed by atoms with Crippen molar-refractivity contribution < 1.29 is 9.53 Å². The van der Waals surface area contributed by atoms with Gasteiger partial charge in [-0.05, 0) is 18.6 Å². The third-order valence-electron chi connectivity index (χ3n) is 2.27. The van der Waals surface area contributed by atoms with Crippen molar-refractivity contribution in [2.75, 3.05) is 13.2 Å². The van der Waals surface area contributed by atoms with Gasteiger partial charge in [-0.15, -0.1) is 0 Å². The number of benzene rings is 1. The highest BCUT2D eigenvalue weighted by Gasteiger charge is 2.14. The molecule has 1 aromatic carbocycles. The Labute approximate surface area is 88.8 Å². The van der Waals surface area contributed by atoms with Crippen molar-refractivity contribution in [3.63, 3.8) is 0 Å². The van der Waals surface area contributed by atoms with E-state index in [1.807, 2.05) is 24.3 Å². The zero-order chi connectivity index (χ0) is 10.7. The van der Waals surface area contributed by atoms with Gasteiger partial charge in [-0.2, -0.15) is 0 Å². The van der Waals surface area contributed by atoms with Gasteiger partial charge in [0.25, 0.3) is 0 Å². The van der Waals surface area contributed by atoms with Gasteiger partial charge >= 0.3 is 0 Å². The Kier molecular flexibility index (Phi) is 2.81. The second kappa shape index (κ2) is 4.26. The number of carbonyl (C=O) groups excluding carboxylic acids is 1. The fourth-order valence-electron chi connectivity index (χ4n) is 1.65. The van der Waals surface area contributed by atoms with E-state index in [-0.39, 0.29) is 5.78 Å². The third-order valence-corrected chi connectivity index (χ3v) is 2.27. The minimum atomic E-state index is 0.154. The Morgan fingerprint density at radius 3 is 2.93 bits per heavy atom. The monoisotopic (exact) mass is 203 g/mol. The van der Waals surface area contributed by atoms with Crippen LogP contribution in [-0.2, 0) is 16.0 Å². The number of carbonyl (C=O) groups is 1. The molecule has 1 aliphatic rings. The molecule has 1 aliphatic heterocycles. The molecule has 0 spiro atoms. The first-order valence-corrected chi connectivity index (χ1v) is 5.02. The predicted octanol–water partition coefficient (Wildman–Crippen LogP) is 1.59. The number of hydrogen-bond donors (Lipinski definition) is 0. The van der Waals surface area contributed by atoms with E-state index in [1.165, 1.54) is 0 Å². The zero-order valence-electron chi connectivity index (χ0n) is 8.69. The van der Waals surface area contributed by atoms with Crippen molar-refractivity contribution in [1.29, 1.82) is 0 Å². The van der Waals surface area contributed by atoms with Crippen LogP contribution in [0.15, 0.2) is 29.3 Å². The van der Waals surface area contributed by atoms with Crippen LogP contribution in [0.5, 0.6) is 0 Å². The highest BCUT2D eigenvalue weighted by molar-refractivity contribution is 5.97. The molecule has 0 N–H and O–H groups in total. The zero-order valence-corrected chi connectivity index (χ0v) is 8.69. The van der Waals surface area contributed by atoms with Crippen molar-refractivity contribution in [3.8, 4) is 0 Å². The lowest BCUT2D eigenvalue weighted by atomic mass is 10.0. The molecule has 15 heavy (non-hydrogen) atoms. The maximum atomic E-state index is 11.1. The number of ether oxygens (including phenoxy) is 1. The molecule has 3 heteroatoms. The van der Waals surface area contributed by atoms with Crippen LogP contribution in [0.4, 0.5) is 0 Å². The van der Waals surface area contributed by atoms with Gasteiger partial charge in [0, 0.05) is 12.0 Å². The topological polar surface area (TPSA) is 38.7 Å². The quantitative estimate of drug-likeness (QED) is 0.748. The Morgan fingerprint density at radius 1 is 1.47 bits per heavy atom. The van der Waals surface area contributed by atoms with E-state index in [2.05, 4.69) is 4.99 Å². The molecule has 0 atom stereocenters. The molecule has 2 rings (SSSR count). The molecule has 0 saturated carbocycles. The van der Waals surface area contributed by atoms with Crippen LogP contribution >= 0.6 is 0 Å². The second-order valence-corrected chi connectivity index (χ2v) is 3.57. The SMILES string of the molecule is CC(=O)Cc1ccccc1C1=NCCO1. The Morgan fingerprint density at radius 2 is 2.27 bits per heavy atom. The standard InChI is InChI=1S/C12H13NO2/c1-9(14)8-10-4-2-3-5-11(10)12-13-6-7-15-12/h2-5H,6-8H2,1H3. The van der Waals surface area contributed by atoms with E-state index in [4.69, 9.17) is 4.74 Å². The van der Waals surface area contributed by atoms with Gasteiger partial charge in [-0.3, -0.25) is 4.79 Å². The number of ketones is 1. The van der Waals surface area contributed by atoms with Crippen LogP contribution in [0.1, 0.15) is 18.1 Å². The number of nitrogens with zero attached hydrogens (tertiary/aromatic N) is 1. The molecule has 0 saturated heterocycles. The lowest BCUT2D eigenvalue weighted by Crippen LogP contribution is -2.08. The second-order valence-electron chi connectivity index (χ2n) is 3.57. The molecule has 3 nitrogen and oxygen atoms in total. The molecule has 1 aromatic rings. The molecule has 78 valence electrons. The van der Waals surface area contributed by atoms with Crippen LogP contribution in [0.25, 0.3) is 0 Å². The summed E-state index contributed by atoms with van der Waals surface area (Å²) < 4.78 is 5.40. The maximum absolute atomic E-state index is 11.1. The average molecular weight is 203 g/mol. The van der Waals surface area contributed by atoms with Gasteiger partial charge in [0.2, 0.25) is 5.90 Å². The first-order valence-electron chi connectivity index (χ1n) is 5.02.